The van der Waals surface area contributed by atoms with Gasteiger partial charge in [-0.25, -0.2) is 4.39 Å². The third-order valence-electron chi connectivity index (χ3n) is 3.97. The fourth-order valence-corrected chi connectivity index (χ4v) is 2.55. The van der Waals surface area contributed by atoms with Crippen LogP contribution in [0, 0.1) is 12.7 Å². The normalized spacial score (nSPS) is 11.8. The molecule has 0 aliphatic rings. The van der Waals surface area contributed by atoms with Gasteiger partial charge in [0, 0.05) is 0 Å². The number of furan rings is 1. The molecule has 134 valence electrons. The molecule has 3 aromatic rings. The predicted octanol–water partition coefficient (Wildman–Crippen LogP) is 4.80. The lowest BCUT2D eigenvalue weighted by Crippen LogP contribution is -2.26. The standard InChI is InChI=1S/C21H20FNO3/c1-14-7-12-19(26-14)15(2)23-21(24)18-5-3-4-6-20(18)25-13-16-8-10-17(22)11-9-16/h3-12,15H,13H2,1-2H3,(H,23,24). The molecule has 5 heteroatoms. The van der Waals surface area contributed by atoms with Crippen LogP contribution in [-0.2, 0) is 6.61 Å². The Labute approximate surface area is 151 Å². The molecule has 4 nitrogen and oxygen atoms in total. The summed E-state index contributed by atoms with van der Waals surface area (Å²) in [5.41, 5.74) is 1.26. The van der Waals surface area contributed by atoms with Crippen LogP contribution in [0.3, 0.4) is 0 Å². The number of aryl methyl sites for hydroxylation is 1. The minimum Gasteiger partial charge on any atom is -0.488 e. The number of amides is 1. The monoisotopic (exact) mass is 353 g/mol. The summed E-state index contributed by atoms with van der Waals surface area (Å²) in [6.45, 7) is 3.96. The molecule has 1 atom stereocenters. The van der Waals surface area contributed by atoms with Crippen molar-refractivity contribution in [2.45, 2.75) is 26.5 Å². The van der Waals surface area contributed by atoms with Crippen molar-refractivity contribution in [1.29, 1.82) is 0 Å². The summed E-state index contributed by atoms with van der Waals surface area (Å²) in [4.78, 5) is 12.6. The molecule has 0 spiro atoms. The van der Waals surface area contributed by atoms with Gasteiger partial charge in [-0.1, -0.05) is 24.3 Å². The number of carbonyl (C=O) groups excluding carboxylic acids is 1. The van der Waals surface area contributed by atoms with Crippen molar-refractivity contribution in [3.8, 4) is 5.75 Å². The Hall–Kier alpha value is -3.08. The van der Waals surface area contributed by atoms with Crippen molar-refractivity contribution in [3.63, 3.8) is 0 Å². The summed E-state index contributed by atoms with van der Waals surface area (Å²) in [5, 5.41) is 2.91. The maximum atomic E-state index is 13.0. The summed E-state index contributed by atoms with van der Waals surface area (Å²) in [6, 6.07) is 16.5. The Morgan fingerprint density at radius 2 is 1.85 bits per heavy atom. The van der Waals surface area contributed by atoms with Crippen molar-refractivity contribution >= 4 is 5.91 Å². The molecular formula is C21H20FNO3. The largest absolute Gasteiger partial charge is 0.488 e. The highest BCUT2D eigenvalue weighted by molar-refractivity contribution is 5.97. The second-order valence-electron chi connectivity index (χ2n) is 6.05. The van der Waals surface area contributed by atoms with E-state index in [1.54, 1.807) is 36.4 Å². The number of carbonyl (C=O) groups is 1. The number of hydrogen-bond acceptors (Lipinski definition) is 3. The Morgan fingerprint density at radius 3 is 2.54 bits per heavy atom. The number of para-hydroxylation sites is 1. The fourth-order valence-electron chi connectivity index (χ4n) is 2.55. The molecule has 1 heterocycles. The Bertz CT molecular complexity index is 886. The van der Waals surface area contributed by atoms with Gasteiger partial charge in [0.25, 0.3) is 5.91 Å². The summed E-state index contributed by atoms with van der Waals surface area (Å²) >= 11 is 0. The van der Waals surface area contributed by atoms with Crippen LogP contribution < -0.4 is 10.1 Å². The zero-order valence-electron chi connectivity index (χ0n) is 14.7. The van der Waals surface area contributed by atoms with Gasteiger partial charge < -0.3 is 14.5 Å². The van der Waals surface area contributed by atoms with Crippen LogP contribution in [0.4, 0.5) is 4.39 Å². The predicted molar refractivity (Wildman–Crippen MR) is 96.5 cm³/mol. The van der Waals surface area contributed by atoms with E-state index < -0.39 is 0 Å². The highest BCUT2D eigenvalue weighted by Gasteiger charge is 2.17. The van der Waals surface area contributed by atoms with Crippen LogP contribution >= 0.6 is 0 Å². The van der Waals surface area contributed by atoms with Crippen molar-refractivity contribution in [2.75, 3.05) is 0 Å². The quantitative estimate of drug-likeness (QED) is 0.693. The van der Waals surface area contributed by atoms with Crippen molar-refractivity contribution < 1.29 is 18.3 Å². The molecular weight excluding hydrogens is 333 g/mol. The van der Waals surface area contributed by atoms with E-state index in [-0.39, 0.29) is 24.4 Å². The van der Waals surface area contributed by atoms with Gasteiger partial charge in [-0.3, -0.25) is 4.79 Å². The van der Waals surface area contributed by atoms with Gasteiger partial charge in [-0.2, -0.15) is 0 Å². The summed E-state index contributed by atoms with van der Waals surface area (Å²) < 4.78 is 24.3. The van der Waals surface area contributed by atoms with Crippen LogP contribution in [0.1, 0.15) is 40.4 Å². The molecule has 26 heavy (non-hydrogen) atoms. The van der Waals surface area contributed by atoms with Crippen molar-refractivity contribution in [2.24, 2.45) is 0 Å². The second kappa shape index (κ2) is 7.87. The fraction of sp³-hybridized carbons (Fsp3) is 0.190. The van der Waals surface area contributed by atoms with Gasteiger partial charge in [-0.15, -0.1) is 0 Å². The highest BCUT2D eigenvalue weighted by Crippen LogP contribution is 2.22. The van der Waals surface area contributed by atoms with Crippen LogP contribution in [0.2, 0.25) is 0 Å². The Balaban J connectivity index is 1.69. The maximum absolute atomic E-state index is 13.0. The first-order chi connectivity index (χ1) is 12.5. The lowest BCUT2D eigenvalue weighted by atomic mass is 10.1. The first-order valence-electron chi connectivity index (χ1n) is 8.36. The number of nitrogens with one attached hydrogen (secondary N) is 1. The number of rotatable bonds is 6. The van der Waals surface area contributed by atoms with Crippen LogP contribution in [0.5, 0.6) is 5.75 Å². The number of ether oxygens (including phenoxy) is 1. The van der Waals surface area contributed by atoms with Crippen LogP contribution in [0.15, 0.2) is 65.1 Å². The molecule has 0 bridgehead atoms. The zero-order chi connectivity index (χ0) is 18.5. The second-order valence-corrected chi connectivity index (χ2v) is 6.05. The number of hydrogen-bond donors (Lipinski definition) is 1. The summed E-state index contributed by atoms with van der Waals surface area (Å²) in [5.74, 6) is 1.42. The lowest BCUT2D eigenvalue weighted by molar-refractivity contribution is 0.0930. The molecule has 3 rings (SSSR count). The van der Waals surface area contributed by atoms with Crippen LogP contribution in [-0.4, -0.2) is 5.91 Å². The zero-order valence-corrected chi connectivity index (χ0v) is 14.7. The number of benzene rings is 2. The van der Waals surface area contributed by atoms with E-state index in [1.165, 1.54) is 12.1 Å². The molecule has 0 radical (unpaired) electrons. The molecule has 0 saturated carbocycles. The third kappa shape index (κ3) is 4.30. The van der Waals surface area contributed by atoms with Gasteiger partial charge in [-0.05, 0) is 55.8 Å². The smallest absolute Gasteiger partial charge is 0.255 e. The van der Waals surface area contributed by atoms with Gasteiger partial charge >= 0.3 is 0 Å². The SMILES string of the molecule is Cc1ccc(C(C)NC(=O)c2ccccc2OCc2ccc(F)cc2)o1. The average molecular weight is 353 g/mol. The molecule has 0 saturated heterocycles. The van der Waals surface area contributed by atoms with E-state index in [0.717, 1.165) is 11.3 Å². The van der Waals surface area contributed by atoms with Gasteiger partial charge in [0.1, 0.15) is 29.7 Å². The van der Waals surface area contributed by atoms with Crippen LogP contribution in [0.25, 0.3) is 0 Å². The minimum atomic E-state index is -0.296. The van der Waals surface area contributed by atoms with Crippen molar-refractivity contribution in [1.82, 2.24) is 5.32 Å². The molecule has 1 aromatic heterocycles. The van der Waals surface area contributed by atoms with E-state index in [9.17, 15) is 9.18 Å². The van der Waals surface area contributed by atoms with Gasteiger partial charge in [0.2, 0.25) is 0 Å². The molecule has 1 amide bonds. The average Bonchev–Trinajstić information content (AvgIpc) is 3.08. The Morgan fingerprint density at radius 1 is 1.12 bits per heavy atom. The first-order valence-corrected chi connectivity index (χ1v) is 8.36. The summed E-state index contributed by atoms with van der Waals surface area (Å²) in [6.07, 6.45) is 0. The maximum Gasteiger partial charge on any atom is 0.255 e. The lowest BCUT2D eigenvalue weighted by Gasteiger charge is -2.15. The minimum absolute atomic E-state index is 0.248. The highest BCUT2D eigenvalue weighted by atomic mass is 19.1. The topological polar surface area (TPSA) is 51.5 Å². The van der Waals surface area contributed by atoms with E-state index in [1.807, 2.05) is 26.0 Å². The Kier molecular flexibility index (Phi) is 5.37. The molecule has 0 fully saturated rings. The molecule has 1 N–H and O–H groups in total. The van der Waals surface area contributed by atoms with E-state index in [4.69, 9.17) is 9.15 Å². The van der Waals surface area contributed by atoms with Crippen molar-refractivity contribution in [3.05, 3.63) is 89.1 Å². The van der Waals surface area contributed by atoms with E-state index in [0.29, 0.717) is 17.1 Å². The molecule has 0 aliphatic heterocycles. The summed E-state index contributed by atoms with van der Waals surface area (Å²) in [7, 11) is 0. The molecule has 0 aliphatic carbocycles. The first kappa shape index (κ1) is 17.7. The van der Waals surface area contributed by atoms with Gasteiger partial charge in [0.15, 0.2) is 0 Å². The van der Waals surface area contributed by atoms with E-state index in [2.05, 4.69) is 5.32 Å². The van der Waals surface area contributed by atoms with Gasteiger partial charge in [0.05, 0.1) is 11.6 Å². The molecule has 1 unspecified atom stereocenters. The van der Waals surface area contributed by atoms with E-state index >= 15 is 0 Å². The third-order valence-corrected chi connectivity index (χ3v) is 3.97. The number of halogens is 1. The molecule has 2 aromatic carbocycles.